The molecule has 0 saturated carbocycles. The molecule has 0 bridgehead atoms. The van der Waals surface area contributed by atoms with Crippen LogP contribution >= 0.6 is 11.8 Å². The van der Waals surface area contributed by atoms with Crippen LogP contribution in [0.1, 0.15) is 5.69 Å². The van der Waals surface area contributed by atoms with E-state index in [1.165, 1.54) is 0 Å². The first-order chi connectivity index (χ1) is 4.83. The monoisotopic (exact) mass is 153 g/mol. The van der Waals surface area contributed by atoms with Crippen LogP contribution in [0.2, 0.25) is 0 Å². The summed E-state index contributed by atoms with van der Waals surface area (Å²) in [6.45, 7) is 1.91. The van der Waals surface area contributed by atoms with Gasteiger partial charge in [-0.2, -0.15) is 0 Å². The van der Waals surface area contributed by atoms with Gasteiger partial charge in [-0.25, -0.2) is 0 Å². The van der Waals surface area contributed by atoms with Crippen molar-refractivity contribution in [3.63, 3.8) is 0 Å². The Morgan fingerprint density at radius 3 is 2.90 bits per heavy atom. The van der Waals surface area contributed by atoms with Gasteiger partial charge in [0.25, 0.3) is 0 Å². The minimum Gasteiger partial charge on any atom is -0.291 e. The fraction of sp³-hybridized carbons (Fsp3) is 0.143. The van der Waals surface area contributed by atoms with E-state index in [9.17, 15) is 4.79 Å². The molecule has 52 valence electrons. The zero-order valence-corrected chi connectivity index (χ0v) is 6.39. The lowest BCUT2D eigenvalue weighted by Crippen LogP contribution is -1.78. The maximum Gasteiger partial charge on any atom is 0.181 e. The van der Waals surface area contributed by atoms with Gasteiger partial charge in [-0.1, -0.05) is 11.8 Å². The summed E-state index contributed by atoms with van der Waals surface area (Å²) in [5.74, 6) is 0. The Bertz CT molecular complexity index is 220. The van der Waals surface area contributed by atoms with Crippen molar-refractivity contribution in [2.75, 3.05) is 0 Å². The number of aryl methyl sites for hydroxylation is 1. The molecule has 1 aromatic heterocycles. The third-order valence-electron chi connectivity index (χ3n) is 1.07. The van der Waals surface area contributed by atoms with Crippen LogP contribution in [0, 0.1) is 6.92 Å². The molecule has 0 spiro atoms. The van der Waals surface area contributed by atoms with Gasteiger partial charge in [-0.3, -0.25) is 9.78 Å². The summed E-state index contributed by atoms with van der Waals surface area (Å²) in [4.78, 5) is 14.9. The number of hydrogen-bond acceptors (Lipinski definition) is 3. The van der Waals surface area contributed by atoms with Crippen molar-refractivity contribution >= 4 is 17.4 Å². The maximum atomic E-state index is 9.99. The average Bonchev–Trinajstić information content (AvgIpc) is 1.95. The quantitative estimate of drug-likeness (QED) is 0.478. The van der Waals surface area contributed by atoms with E-state index >= 15 is 0 Å². The van der Waals surface area contributed by atoms with Crippen LogP contribution in [-0.4, -0.2) is 10.6 Å². The molecule has 0 radical (unpaired) electrons. The number of carbonyl (C=O) groups is 1. The molecule has 1 heterocycles. The summed E-state index contributed by atoms with van der Waals surface area (Å²) < 4.78 is 0. The van der Waals surface area contributed by atoms with Gasteiger partial charge in [0.05, 0.1) is 0 Å². The second kappa shape index (κ2) is 3.37. The van der Waals surface area contributed by atoms with Gasteiger partial charge in [0, 0.05) is 16.8 Å². The lowest BCUT2D eigenvalue weighted by molar-refractivity contribution is 0.570. The van der Waals surface area contributed by atoms with Gasteiger partial charge in [0.1, 0.15) is 0 Å². The van der Waals surface area contributed by atoms with E-state index in [0.717, 1.165) is 28.0 Å². The van der Waals surface area contributed by atoms with Crippen molar-refractivity contribution in [2.24, 2.45) is 0 Å². The highest BCUT2D eigenvalue weighted by atomic mass is 32.2. The summed E-state index contributed by atoms with van der Waals surface area (Å²) in [5, 5.41) is 0. The Balaban J connectivity index is 2.78. The fourth-order valence-corrected chi connectivity index (χ4v) is 0.951. The van der Waals surface area contributed by atoms with Crippen LogP contribution in [0.5, 0.6) is 0 Å². The molecule has 0 amide bonds. The summed E-state index contributed by atoms with van der Waals surface area (Å²) in [7, 11) is 0. The number of nitrogens with zero attached hydrogens (tertiary/aromatic N) is 1. The summed E-state index contributed by atoms with van der Waals surface area (Å²) in [6, 6.07) is 3.76. The van der Waals surface area contributed by atoms with Crippen molar-refractivity contribution in [2.45, 2.75) is 11.8 Å². The van der Waals surface area contributed by atoms with E-state index in [1.54, 1.807) is 6.20 Å². The molecular formula is C7H7NOS. The molecule has 0 aliphatic rings. The van der Waals surface area contributed by atoms with Gasteiger partial charge in [-0.15, -0.1) is 0 Å². The zero-order chi connectivity index (χ0) is 7.40. The van der Waals surface area contributed by atoms with Crippen LogP contribution < -0.4 is 0 Å². The molecular weight excluding hydrogens is 146 g/mol. The lowest BCUT2D eigenvalue weighted by Gasteiger charge is -1.92. The van der Waals surface area contributed by atoms with Gasteiger partial charge in [0.2, 0.25) is 0 Å². The molecule has 0 aliphatic carbocycles. The molecule has 0 aliphatic heterocycles. The Morgan fingerprint density at radius 1 is 1.60 bits per heavy atom. The number of aromatic nitrogens is 1. The smallest absolute Gasteiger partial charge is 0.181 e. The minimum atomic E-state index is 0.798. The highest BCUT2D eigenvalue weighted by Crippen LogP contribution is 2.12. The first-order valence-electron chi connectivity index (χ1n) is 2.86. The third kappa shape index (κ3) is 1.84. The van der Waals surface area contributed by atoms with Crippen molar-refractivity contribution in [3.8, 4) is 0 Å². The molecule has 10 heavy (non-hydrogen) atoms. The molecule has 0 aromatic carbocycles. The van der Waals surface area contributed by atoms with Crippen molar-refractivity contribution in [1.82, 2.24) is 4.98 Å². The molecule has 1 rings (SSSR count). The fourth-order valence-electron chi connectivity index (χ4n) is 0.580. The van der Waals surface area contributed by atoms with E-state index in [1.807, 2.05) is 19.1 Å². The first kappa shape index (κ1) is 7.28. The van der Waals surface area contributed by atoms with Crippen LogP contribution in [0.4, 0.5) is 0 Å². The van der Waals surface area contributed by atoms with Crippen molar-refractivity contribution < 1.29 is 4.79 Å². The SMILES string of the molecule is Cc1ccc(SC=O)cn1. The van der Waals surface area contributed by atoms with Crippen molar-refractivity contribution in [1.29, 1.82) is 0 Å². The number of rotatable bonds is 2. The number of hydrogen-bond donors (Lipinski definition) is 0. The lowest BCUT2D eigenvalue weighted by atomic mass is 10.4. The van der Waals surface area contributed by atoms with E-state index in [-0.39, 0.29) is 0 Å². The average molecular weight is 153 g/mol. The largest absolute Gasteiger partial charge is 0.291 e. The molecule has 0 N–H and O–H groups in total. The first-order valence-corrected chi connectivity index (χ1v) is 3.74. The van der Waals surface area contributed by atoms with E-state index in [0.29, 0.717) is 0 Å². The second-order valence-corrected chi connectivity index (χ2v) is 2.75. The van der Waals surface area contributed by atoms with E-state index in [2.05, 4.69) is 4.98 Å². The molecule has 0 saturated heterocycles. The Labute approximate surface area is 63.7 Å². The molecule has 1 aromatic rings. The van der Waals surface area contributed by atoms with Gasteiger partial charge >= 0.3 is 0 Å². The van der Waals surface area contributed by atoms with Crippen LogP contribution in [-0.2, 0) is 4.79 Å². The topological polar surface area (TPSA) is 30.0 Å². The Kier molecular flexibility index (Phi) is 2.45. The standard InChI is InChI=1S/C7H7NOS/c1-6-2-3-7(4-8-6)10-5-9/h2-5H,1H3. The van der Waals surface area contributed by atoms with Crippen molar-refractivity contribution in [3.05, 3.63) is 24.0 Å². The van der Waals surface area contributed by atoms with Crippen LogP contribution in [0.25, 0.3) is 0 Å². The van der Waals surface area contributed by atoms with Gasteiger partial charge in [0.15, 0.2) is 5.62 Å². The summed E-state index contributed by atoms with van der Waals surface area (Å²) in [5.41, 5.74) is 1.77. The maximum absolute atomic E-state index is 9.99. The molecule has 0 unspecified atom stereocenters. The molecule has 2 nitrogen and oxygen atoms in total. The normalized spacial score (nSPS) is 9.30. The summed E-state index contributed by atoms with van der Waals surface area (Å²) in [6.07, 6.45) is 1.69. The highest BCUT2D eigenvalue weighted by molar-refractivity contribution is 8.11. The number of thioether (sulfide) groups is 1. The van der Waals surface area contributed by atoms with Crippen LogP contribution in [0.3, 0.4) is 0 Å². The van der Waals surface area contributed by atoms with Crippen LogP contribution in [0.15, 0.2) is 23.2 Å². The number of carbonyl (C=O) groups excluding carboxylic acids is 1. The zero-order valence-electron chi connectivity index (χ0n) is 5.57. The second-order valence-electron chi connectivity index (χ2n) is 1.85. The van der Waals surface area contributed by atoms with E-state index in [4.69, 9.17) is 0 Å². The van der Waals surface area contributed by atoms with E-state index < -0.39 is 0 Å². The molecule has 3 heteroatoms. The predicted molar refractivity (Wildman–Crippen MR) is 41.6 cm³/mol. The van der Waals surface area contributed by atoms with Gasteiger partial charge in [-0.05, 0) is 19.1 Å². The predicted octanol–water partition coefficient (Wildman–Crippen LogP) is 1.67. The molecule has 0 fully saturated rings. The number of pyridine rings is 1. The minimum absolute atomic E-state index is 0.798. The third-order valence-corrected chi connectivity index (χ3v) is 1.68. The van der Waals surface area contributed by atoms with Gasteiger partial charge < -0.3 is 0 Å². The Hall–Kier alpha value is -0.830. The highest BCUT2D eigenvalue weighted by Gasteiger charge is 1.90. The Morgan fingerprint density at radius 2 is 2.40 bits per heavy atom. The molecule has 0 atom stereocenters. The summed E-state index contributed by atoms with van der Waals surface area (Å²) >= 11 is 1.14.